The van der Waals surface area contributed by atoms with Gasteiger partial charge in [0.25, 0.3) is 11.5 Å². The molecule has 1 aromatic carbocycles. The lowest BCUT2D eigenvalue weighted by Crippen LogP contribution is -2.24. The van der Waals surface area contributed by atoms with Gasteiger partial charge < -0.3 is 29.8 Å². The summed E-state index contributed by atoms with van der Waals surface area (Å²) >= 11 is 0. The molecule has 142 valence electrons. The summed E-state index contributed by atoms with van der Waals surface area (Å²) in [6, 6.07) is 6.32. The third-order valence-corrected chi connectivity index (χ3v) is 3.96. The standard InChI is InChI=1S/C18H21N5O4/c1-22(2)6-7-26-15-9-16(24)23(3)10-13(15)18(25)20-17-12-8-11(19)4-5-14(12)27-21-17/h4-5,8-10H,6-7,19H2,1-3H3,(H,20,21,25). The molecule has 0 saturated heterocycles. The Labute approximate surface area is 155 Å². The number of rotatable bonds is 6. The van der Waals surface area contributed by atoms with Crippen molar-refractivity contribution in [2.75, 3.05) is 38.3 Å². The minimum absolute atomic E-state index is 0.213. The molecule has 0 aliphatic rings. The molecule has 0 unspecified atom stereocenters. The van der Waals surface area contributed by atoms with Gasteiger partial charge in [-0.15, -0.1) is 0 Å². The first-order chi connectivity index (χ1) is 12.8. The van der Waals surface area contributed by atoms with Gasteiger partial charge in [0.05, 0.1) is 10.9 Å². The van der Waals surface area contributed by atoms with Crippen LogP contribution >= 0.6 is 0 Å². The Morgan fingerprint density at radius 3 is 2.89 bits per heavy atom. The van der Waals surface area contributed by atoms with E-state index < -0.39 is 5.91 Å². The van der Waals surface area contributed by atoms with Crippen LogP contribution in [-0.4, -0.2) is 47.8 Å². The number of nitrogen functional groups attached to an aromatic ring is 1. The highest BCUT2D eigenvalue weighted by Crippen LogP contribution is 2.26. The maximum atomic E-state index is 12.8. The van der Waals surface area contributed by atoms with Gasteiger partial charge in [-0.2, -0.15) is 0 Å². The van der Waals surface area contributed by atoms with Crippen LogP contribution in [0.2, 0.25) is 0 Å². The lowest BCUT2D eigenvalue weighted by Gasteiger charge is -2.14. The van der Waals surface area contributed by atoms with E-state index in [9.17, 15) is 9.59 Å². The fraction of sp³-hybridized carbons (Fsp3) is 0.278. The first-order valence-corrected chi connectivity index (χ1v) is 8.29. The number of anilines is 2. The Morgan fingerprint density at radius 2 is 2.15 bits per heavy atom. The summed E-state index contributed by atoms with van der Waals surface area (Å²) in [5, 5.41) is 7.15. The number of aromatic nitrogens is 2. The average Bonchev–Trinajstić information content (AvgIpc) is 2.99. The fourth-order valence-corrected chi connectivity index (χ4v) is 2.46. The van der Waals surface area contributed by atoms with Crippen molar-refractivity contribution < 1.29 is 14.1 Å². The molecule has 0 radical (unpaired) electrons. The topological polar surface area (TPSA) is 116 Å². The monoisotopic (exact) mass is 371 g/mol. The Balaban J connectivity index is 1.89. The highest BCUT2D eigenvalue weighted by Gasteiger charge is 2.18. The third-order valence-electron chi connectivity index (χ3n) is 3.96. The molecule has 9 nitrogen and oxygen atoms in total. The normalized spacial score (nSPS) is 11.1. The number of hydrogen-bond acceptors (Lipinski definition) is 7. The number of carbonyl (C=O) groups excluding carboxylic acids is 1. The molecule has 3 rings (SSSR count). The largest absolute Gasteiger partial charge is 0.491 e. The fourth-order valence-electron chi connectivity index (χ4n) is 2.46. The number of benzene rings is 1. The number of nitrogens with zero attached hydrogens (tertiary/aromatic N) is 3. The van der Waals surface area contributed by atoms with Crippen LogP contribution in [0.25, 0.3) is 11.0 Å². The van der Waals surface area contributed by atoms with Crippen molar-refractivity contribution in [3.8, 4) is 5.75 Å². The number of carbonyl (C=O) groups is 1. The second-order valence-corrected chi connectivity index (χ2v) is 6.39. The number of nitrogens with two attached hydrogens (primary N) is 1. The molecule has 0 aliphatic carbocycles. The van der Waals surface area contributed by atoms with E-state index in [2.05, 4.69) is 10.5 Å². The zero-order valence-corrected chi connectivity index (χ0v) is 15.4. The van der Waals surface area contributed by atoms with Crippen LogP contribution in [0.5, 0.6) is 5.75 Å². The molecule has 2 aromatic heterocycles. The van der Waals surface area contributed by atoms with Crippen molar-refractivity contribution in [2.45, 2.75) is 0 Å². The molecule has 0 saturated carbocycles. The second-order valence-electron chi connectivity index (χ2n) is 6.39. The number of aryl methyl sites for hydroxylation is 1. The van der Waals surface area contributed by atoms with Gasteiger partial charge in [0.15, 0.2) is 11.4 Å². The average molecular weight is 371 g/mol. The molecule has 0 spiro atoms. The first kappa shape index (κ1) is 18.5. The molecule has 0 atom stereocenters. The number of pyridine rings is 1. The van der Waals surface area contributed by atoms with Crippen molar-refractivity contribution in [1.29, 1.82) is 0 Å². The summed E-state index contributed by atoms with van der Waals surface area (Å²) in [5.74, 6) is -0.0109. The van der Waals surface area contributed by atoms with Gasteiger partial charge in [0, 0.05) is 31.5 Å². The minimum Gasteiger partial charge on any atom is -0.491 e. The van der Waals surface area contributed by atoms with E-state index in [1.165, 1.54) is 16.8 Å². The summed E-state index contributed by atoms with van der Waals surface area (Å²) in [6.45, 7) is 0.980. The van der Waals surface area contributed by atoms with Gasteiger partial charge in [-0.05, 0) is 32.3 Å². The van der Waals surface area contributed by atoms with Crippen molar-refractivity contribution in [2.24, 2.45) is 7.05 Å². The number of amides is 1. The molecule has 0 fully saturated rings. The van der Waals surface area contributed by atoms with E-state index in [0.717, 1.165) is 0 Å². The number of ether oxygens (including phenoxy) is 1. The zero-order valence-electron chi connectivity index (χ0n) is 15.4. The molecule has 0 bridgehead atoms. The van der Waals surface area contributed by atoms with Crippen molar-refractivity contribution in [3.05, 3.63) is 46.4 Å². The molecule has 9 heteroatoms. The molecule has 3 N–H and O–H groups in total. The van der Waals surface area contributed by atoms with Crippen molar-refractivity contribution in [3.63, 3.8) is 0 Å². The summed E-state index contributed by atoms with van der Waals surface area (Å²) < 4.78 is 12.2. The SMILES string of the molecule is CN(C)CCOc1cc(=O)n(C)cc1C(=O)Nc1noc2ccc(N)cc12. The maximum absolute atomic E-state index is 12.8. The maximum Gasteiger partial charge on any atom is 0.262 e. The lowest BCUT2D eigenvalue weighted by molar-refractivity contribution is 0.102. The predicted molar refractivity (Wildman–Crippen MR) is 102 cm³/mol. The molecular weight excluding hydrogens is 350 g/mol. The lowest BCUT2D eigenvalue weighted by atomic mass is 10.2. The number of fused-ring (bicyclic) bond motifs is 1. The van der Waals surface area contributed by atoms with Crippen molar-refractivity contribution in [1.82, 2.24) is 14.6 Å². The van der Waals surface area contributed by atoms with E-state index in [1.54, 1.807) is 25.2 Å². The van der Waals surface area contributed by atoms with Crippen LogP contribution < -0.4 is 21.3 Å². The van der Waals surface area contributed by atoms with Crippen LogP contribution in [-0.2, 0) is 7.05 Å². The summed E-state index contributed by atoms with van der Waals surface area (Å²) in [4.78, 5) is 26.7. The minimum atomic E-state index is -0.469. The molecule has 3 aromatic rings. The molecule has 1 amide bonds. The second kappa shape index (κ2) is 7.50. The van der Waals surface area contributed by atoms with E-state index in [4.69, 9.17) is 15.0 Å². The number of nitrogens with one attached hydrogen (secondary N) is 1. The Morgan fingerprint density at radius 1 is 1.37 bits per heavy atom. The van der Waals surface area contributed by atoms with Gasteiger partial charge in [-0.3, -0.25) is 9.59 Å². The van der Waals surface area contributed by atoms with Crippen LogP contribution in [0.15, 0.2) is 39.8 Å². The highest BCUT2D eigenvalue weighted by atomic mass is 16.5. The number of hydrogen-bond donors (Lipinski definition) is 2. The van der Waals surface area contributed by atoms with E-state index >= 15 is 0 Å². The predicted octanol–water partition coefficient (Wildman–Crippen LogP) is 1.30. The van der Waals surface area contributed by atoms with Crippen LogP contribution in [0, 0.1) is 0 Å². The molecule has 27 heavy (non-hydrogen) atoms. The molecular formula is C18H21N5O4. The molecule has 0 aliphatic heterocycles. The van der Waals surface area contributed by atoms with E-state index in [1.807, 2.05) is 19.0 Å². The number of likely N-dealkylation sites (N-methyl/N-ethyl adjacent to an activating group) is 1. The van der Waals surface area contributed by atoms with Gasteiger partial charge in [0.2, 0.25) is 0 Å². The van der Waals surface area contributed by atoms with Crippen LogP contribution in [0.3, 0.4) is 0 Å². The van der Waals surface area contributed by atoms with Gasteiger partial charge >= 0.3 is 0 Å². The third kappa shape index (κ3) is 4.09. The zero-order chi connectivity index (χ0) is 19.6. The van der Waals surface area contributed by atoms with Gasteiger partial charge in [-0.25, -0.2) is 0 Å². The first-order valence-electron chi connectivity index (χ1n) is 8.29. The quantitative estimate of drug-likeness (QED) is 0.628. The van der Waals surface area contributed by atoms with Crippen LogP contribution in [0.1, 0.15) is 10.4 Å². The van der Waals surface area contributed by atoms with E-state index in [-0.39, 0.29) is 22.7 Å². The van der Waals surface area contributed by atoms with Crippen molar-refractivity contribution >= 4 is 28.4 Å². The molecule has 2 heterocycles. The van der Waals surface area contributed by atoms with Gasteiger partial charge in [-0.1, -0.05) is 5.16 Å². The summed E-state index contributed by atoms with van der Waals surface area (Å²) in [5.41, 5.74) is 6.76. The Bertz CT molecular complexity index is 1040. The Hall–Kier alpha value is -3.33. The van der Waals surface area contributed by atoms with E-state index in [0.29, 0.717) is 29.8 Å². The smallest absolute Gasteiger partial charge is 0.262 e. The summed E-state index contributed by atoms with van der Waals surface area (Å²) in [7, 11) is 5.37. The van der Waals surface area contributed by atoms with Gasteiger partial charge in [0.1, 0.15) is 12.4 Å². The van der Waals surface area contributed by atoms with Crippen LogP contribution in [0.4, 0.5) is 11.5 Å². The summed E-state index contributed by atoms with van der Waals surface area (Å²) in [6.07, 6.45) is 1.43. The Kier molecular flexibility index (Phi) is 5.13. The highest BCUT2D eigenvalue weighted by molar-refractivity contribution is 6.09.